The molecule has 1 aromatic carbocycles. The van der Waals surface area contributed by atoms with Gasteiger partial charge in [0.05, 0.1) is 18.5 Å². The minimum absolute atomic E-state index is 0.0640. The van der Waals surface area contributed by atoms with Gasteiger partial charge in [0, 0.05) is 19.0 Å². The van der Waals surface area contributed by atoms with Crippen molar-refractivity contribution in [3.8, 4) is 5.75 Å². The quantitative estimate of drug-likeness (QED) is 0.902. The summed E-state index contributed by atoms with van der Waals surface area (Å²) < 4.78 is 7.35. The van der Waals surface area contributed by atoms with Crippen LogP contribution in [0.15, 0.2) is 24.4 Å². The molecular weight excluding hydrogens is 240 g/mol. The molecule has 1 atom stereocenters. The Kier molecular flexibility index (Phi) is 3.21. The van der Waals surface area contributed by atoms with E-state index >= 15 is 0 Å². The summed E-state index contributed by atoms with van der Waals surface area (Å²) in [4.78, 5) is 0. The van der Waals surface area contributed by atoms with Gasteiger partial charge in [0.15, 0.2) is 0 Å². The number of nitrogens with two attached hydrogens (primary N) is 1. The number of nitrogens with zero attached hydrogens (tertiary/aromatic N) is 3. The van der Waals surface area contributed by atoms with Crippen LogP contribution in [0.25, 0.3) is 0 Å². The summed E-state index contributed by atoms with van der Waals surface area (Å²) in [5.41, 5.74) is 9.22. The maximum Gasteiger partial charge on any atom is 0.122 e. The van der Waals surface area contributed by atoms with Crippen molar-refractivity contribution in [2.45, 2.75) is 32.4 Å². The summed E-state index contributed by atoms with van der Waals surface area (Å²) >= 11 is 0. The van der Waals surface area contributed by atoms with Crippen LogP contribution in [-0.2, 0) is 19.4 Å². The van der Waals surface area contributed by atoms with Crippen molar-refractivity contribution < 1.29 is 4.74 Å². The van der Waals surface area contributed by atoms with Crippen molar-refractivity contribution in [3.63, 3.8) is 0 Å². The predicted molar refractivity (Wildman–Crippen MR) is 72.0 cm³/mol. The van der Waals surface area contributed by atoms with Gasteiger partial charge in [0.1, 0.15) is 5.75 Å². The van der Waals surface area contributed by atoms with Crippen molar-refractivity contribution >= 4 is 0 Å². The average Bonchev–Trinajstić information content (AvgIpc) is 3.04. The fourth-order valence-corrected chi connectivity index (χ4v) is 2.27. The van der Waals surface area contributed by atoms with Crippen molar-refractivity contribution in [2.24, 2.45) is 5.73 Å². The molecular formula is C14H18N4O. The van der Waals surface area contributed by atoms with Crippen LogP contribution in [0.4, 0.5) is 0 Å². The van der Waals surface area contributed by atoms with E-state index in [9.17, 15) is 0 Å². The number of hydrogen-bond donors (Lipinski definition) is 1. The second-order valence-corrected chi connectivity index (χ2v) is 4.99. The van der Waals surface area contributed by atoms with Crippen LogP contribution in [0.2, 0.25) is 0 Å². The zero-order valence-electron chi connectivity index (χ0n) is 11.0. The van der Waals surface area contributed by atoms with Crippen molar-refractivity contribution in [1.29, 1.82) is 0 Å². The van der Waals surface area contributed by atoms with Gasteiger partial charge in [-0.25, -0.2) is 0 Å². The Morgan fingerprint density at radius 2 is 2.37 bits per heavy atom. The molecule has 3 rings (SSSR count). The summed E-state index contributed by atoms with van der Waals surface area (Å²) in [7, 11) is 0. The van der Waals surface area contributed by atoms with E-state index in [0.29, 0.717) is 0 Å². The first-order valence-electron chi connectivity index (χ1n) is 6.62. The van der Waals surface area contributed by atoms with Gasteiger partial charge in [-0.3, -0.25) is 4.68 Å². The third kappa shape index (κ3) is 2.61. The highest BCUT2D eigenvalue weighted by atomic mass is 16.5. The highest BCUT2D eigenvalue weighted by molar-refractivity contribution is 5.39. The predicted octanol–water partition coefficient (Wildman–Crippen LogP) is 1.48. The Morgan fingerprint density at radius 1 is 1.47 bits per heavy atom. The molecule has 2 N–H and O–H groups in total. The maximum absolute atomic E-state index is 5.77. The number of ether oxygens (including phenoxy) is 1. The minimum atomic E-state index is -0.0640. The summed E-state index contributed by atoms with van der Waals surface area (Å²) in [6.07, 6.45) is 3.87. The smallest absolute Gasteiger partial charge is 0.122 e. The molecule has 1 aromatic heterocycles. The first kappa shape index (κ1) is 12.2. The fourth-order valence-electron chi connectivity index (χ4n) is 2.27. The SMILES string of the molecule is CC(N)c1cn(CCc2ccc3c(c2)CCO3)nn1. The van der Waals surface area contributed by atoms with Gasteiger partial charge in [0.2, 0.25) is 0 Å². The molecule has 1 aliphatic rings. The highest BCUT2D eigenvalue weighted by Crippen LogP contribution is 2.26. The Labute approximate surface area is 112 Å². The topological polar surface area (TPSA) is 66.0 Å². The highest BCUT2D eigenvalue weighted by Gasteiger charge is 2.12. The second-order valence-electron chi connectivity index (χ2n) is 4.99. The standard InChI is InChI=1S/C14H18N4O/c1-10(15)13-9-18(17-16-13)6-4-11-2-3-14-12(8-11)5-7-19-14/h2-3,8-10H,4-7,15H2,1H3. The van der Waals surface area contributed by atoms with E-state index in [-0.39, 0.29) is 6.04 Å². The Balaban J connectivity index is 1.65. The summed E-state index contributed by atoms with van der Waals surface area (Å²) in [5, 5.41) is 8.14. The first-order chi connectivity index (χ1) is 9.22. The molecule has 0 aliphatic carbocycles. The summed E-state index contributed by atoms with van der Waals surface area (Å²) in [6, 6.07) is 6.34. The Bertz CT molecular complexity index is 577. The molecule has 100 valence electrons. The number of benzene rings is 1. The van der Waals surface area contributed by atoms with Crippen LogP contribution in [0.1, 0.15) is 29.8 Å². The number of aromatic nitrogens is 3. The third-order valence-electron chi connectivity index (χ3n) is 3.41. The minimum Gasteiger partial charge on any atom is -0.493 e. The van der Waals surface area contributed by atoms with Crippen LogP contribution < -0.4 is 10.5 Å². The lowest BCUT2D eigenvalue weighted by molar-refractivity contribution is 0.357. The molecule has 0 amide bonds. The van der Waals surface area contributed by atoms with E-state index in [4.69, 9.17) is 10.5 Å². The van der Waals surface area contributed by atoms with E-state index in [0.717, 1.165) is 37.4 Å². The van der Waals surface area contributed by atoms with E-state index < -0.39 is 0 Å². The van der Waals surface area contributed by atoms with Gasteiger partial charge in [-0.15, -0.1) is 5.10 Å². The first-order valence-corrected chi connectivity index (χ1v) is 6.62. The van der Waals surface area contributed by atoms with Gasteiger partial charge in [-0.05, 0) is 30.5 Å². The molecule has 0 bridgehead atoms. The lowest BCUT2D eigenvalue weighted by atomic mass is 10.1. The molecule has 1 unspecified atom stereocenters. The number of hydrogen-bond acceptors (Lipinski definition) is 4. The molecule has 1 aliphatic heterocycles. The molecule has 5 nitrogen and oxygen atoms in total. The van der Waals surface area contributed by atoms with Gasteiger partial charge in [-0.2, -0.15) is 0 Å². The molecule has 5 heteroatoms. The van der Waals surface area contributed by atoms with E-state index in [1.54, 1.807) is 0 Å². The lowest BCUT2D eigenvalue weighted by Gasteiger charge is -2.04. The van der Waals surface area contributed by atoms with E-state index in [2.05, 4.69) is 28.5 Å². The normalized spacial score (nSPS) is 15.1. The van der Waals surface area contributed by atoms with Crippen molar-refractivity contribution in [2.75, 3.05) is 6.61 Å². The lowest BCUT2D eigenvalue weighted by Crippen LogP contribution is -2.05. The summed E-state index contributed by atoms with van der Waals surface area (Å²) in [5.74, 6) is 1.03. The third-order valence-corrected chi connectivity index (χ3v) is 3.41. The summed E-state index contributed by atoms with van der Waals surface area (Å²) in [6.45, 7) is 3.54. The largest absolute Gasteiger partial charge is 0.493 e. The van der Waals surface area contributed by atoms with Crippen LogP contribution >= 0.6 is 0 Å². The van der Waals surface area contributed by atoms with Crippen LogP contribution in [0.5, 0.6) is 5.75 Å². The van der Waals surface area contributed by atoms with Crippen LogP contribution in [0.3, 0.4) is 0 Å². The van der Waals surface area contributed by atoms with Gasteiger partial charge in [0.25, 0.3) is 0 Å². The Morgan fingerprint density at radius 3 is 3.16 bits per heavy atom. The monoisotopic (exact) mass is 258 g/mol. The van der Waals surface area contributed by atoms with E-state index in [1.165, 1.54) is 11.1 Å². The molecule has 19 heavy (non-hydrogen) atoms. The van der Waals surface area contributed by atoms with Crippen molar-refractivity contribution in [1.82, 2.24) is 15.0 Å². The van der Waals surface area contributed by atoms with E-state index in [1.807, 2.05) is 17.8 Å². The van der Waals surface area contributed by atoms with Crippen molar-refractivity contribution in [3.05, 3.63) is 41.2 Å². The molecule has 0 spiro atoms. The molecule has 0 saturated carbocycles. The molecule has 0 radical (unpaired) electrons. The maximum atomic E-state index is 5.77. The molecule has 2 aromatic rings. The average molecular weight is 258 g/mol. The second kappa shape index (κ2) is 5.01. The zero-order valence-corrected chi connectivity index (χ0v) is 11.0. The molecule has 0 fully saturated rings. The fraction of sp³-hybridized carbons (Fsp3) is 0.429. The van der Waals surface area contributed by atoms with Crippen LogP contribution in [0, 0.1) is 0 Å². The molecule has 2 heterocycles. The van der Waals surface area contributed by atoms with Gasteiger partial charge in [-0.1, -0.05) is 17.3 Å². The molecule has 0 saturated heterocycles. The zero-order chi connectivity index (χ0) is 13.2. The number of aryl methyl sites for hydroxylation is 2. The van der Waals surface area contributed by atoms with Crippen LogP contribution in [-0.4, -0.2) is 21.6 Å². The Hall–Kier alpha value is -1.88. The van der Waals surface area contributed by atoms with Gasteiger partial charge < -0.3 is 10.5 Å². The number of fused-ring (bicyclic) bond motifs is 1. The van der Waals surface area contributed by atoms with Gasteiger partial charge >= 0.3 is 0 Å². The number of rotatable bonds is 4.